The molecule has 0 aromatic carbocycles. The summed E-state index contributed by atoms with van der Waals surface area (Å²) in [6.45, 7) is -0.147. The minimum Gasteiger partial charge on any atom is -0.395 e. The lowest BCUT2D eigenvalue weighted by Crippen LogP contribution is -2.48. The lowest BCUT2D eigenvalue weighted by molar-refractivity contribution is -0.0819. The van der Waals surface area contributed by atoms with Gasteiger partial charge in [-0.3, -0.25) is 5.32 Å². The second kappa shape index (κ2) is 3.82. The first-order valence-electron chi connectivity index (χ1n) is 4.73. The molecule has 0 saturated carbocycles. The zero-order chi connectivity index (χ0) is 10.9. The van der Waals surface area contributed by atoms with Gasteiger partial charge in [0, 0.05) is 18.4 Å². The molecule has 0 bridgehead atoms. The lowest BCUT2D eigenvalue weighted by atomic mass is 10.1. The van der Waals surface area contributed by atoms with Crippen LogP contribution in [0.1, 0.15) is 12.2 Å². The summed E-state index contributed by atoms with van der Waals surface area (Å²) in [4.78, 5) is 7.77. The van der Waals surface area contributed by atoms with E-state index in [0.717, 1.165) is 0 Å². The molecule has 1 saturated heterocycles. The average molecular weight is 211 g/mol. The van der Waals surface area contributed by atoms with Crippen LogP contribution in [0, 0.1) is 0 Å². The monoisotopic (exact) mass is 211 g/mol. The van der Waals surface area contributed by atoms with Crippen molar-refractivity contribution < 1.29 is 15.3 Å². The third kappa shape index (κ3) is 1.72. The molecular weight excluding hydrogens is 198 g/mol. The van der Waals surface area contributed by atoms with E-state index in [1.807, 2.05) is 0 Å². The SMILES string of the molecule is OCC1CC(O)C(O)(c2ncccn2)N1. The van der Waals surface area contributed by atoms with Crippen LogP contribution in [0.3, 0.4) is 0 Å². The smallest absolute Gasteiger partial charge is 0.204 e. The number of hydrogen-bond donors (Lipinski definition) is 4. The highest BCUT2D eigenvalue weighted by Crippen LogP contribution is 2.28. The van der Waals surface area contributed by atoms with Crippen LogP contribution in [-0.4, -0.2) is 44.0 Å². The summed E-state index contributed by atoms with van der Waals surface area (Å²) >= 11 is 0. The number of aliphatic hydroxyl groups is 3. The molecule has 15 heavy (non-hydrogen) atoms. The largest absolute Gasteiger partial charge is 0.395 e. The molecule has 0 amide bonds. The van der Waals surface area contributed by atoms with E-state index in [2.05, 4.69) is 15.3 Å². The second-order valence-electron chi connectivity index (χ2n) is 3.61. The Morgan fingerprint density at radius 3 is 2.67 bits per heavy atom. The fourth-order valence-corrected chi connectivity index (χ4v) is 1.74. The van der Waals surface area contributed by atoms with Crippen LogP contribution in [0.15, 0.2) is 18.5 Å². The normalized spacial score (nSPS) is 35.7. The van der Waals surface area contributed by atoms with Crippen LogP contribution >= 0.6 is 0 Å². The van der Waals surface area contributed by atoms with Crippen LogP contribution in [0.4, 0.5) is 0 Å². The topological polar surface area (TPSA) is 98.5 Å². The Labute approximate surface area is 86.6 Å². The van der Waals surface area contributed by atoms with E-state index in [-0.39, 0.29) is 24.9 Å². The molecule has 2 rings (SSSR count). The highest BCUT2D eigenvalue weighted by Gasteiger charge is 2.48. The van der Waals surface area contributed by atoms with E-state index >= 15 is 0 Å². The first-order valence-corrected chi connectivity index (χ1v) is 4.73. The van der Waals surface area contributed by atoms with Gasteiger partial charge in [-0.25, -0.2) is 9.97 Å². The van der Waals surface area contributed by atoms with Gasteiger partial charge in [0.25, 0.3) is 0 Å². The first-order chi connectivity index (χ1) is 7.16. The van der Waals surface area contributed by atoms with Gasteiger partial charge in [-0.05, 0) is 12.5 Å². The number of hydrogen-bond acceptors (Lipinski definition) is 6. The van der Waals surface area contributed by atoms with Crippen molar-refractivity contribution in [3.05, 3.63) is 24.3 Å². The summed E-state index contributed by atoms with van der Waals surface area (Å²) in [7, 11) is 0. The molecule has 2 heterocycles. The van der Waals surface area contributed by atoms with Crippen molar-refractivity contribution >= 4 is 0 Å². The van der Waals surface area contributed by atoms with Gasteiger partial charge in [-0.15, -0.1) is 0 Å². The molecule has 6 heteroatoms. The van der Waals surface area contributed by atoms with Crippen LogP contribution in [0.2, 0.25) is 0 Å². The Kier molecular flexibility index (Phi) is 2.66. The van der Waals surface area contributed by atoms with Gasteiger partial charge < -0.3 is 15.3 Å². The van der Waals surface area contributed by atoms with E-state index in [1.165, 1.54) is 12.4 Å². The average Bonchev–Trinajstić information content (AvgIpc) is 2.57. The maximum atomic E-state index is 10.1. The van der Waals surface area contributed by atoms with Crippen LogP contribution in [-0.2, 0) is 5.72 Å². The Morgan fingerprint density at radius 1 is 1.47 bits per heavy atom. The number of aliphatic hydroxyl groups excluding tert-OH is 2. The molecule has 6 nitrogen and oxygen atoms in total. The molecule has 1 aliphatic heterocycles. The summed E-state index contributed by atoms with van der Waals surface area (Å²) in [5.41, 5.74) is -1.66. The summed E-state index contributed by atoms with van der Waals surface area (Å²) in [6, 6.07) is 1.28. The molecule has 0 aliphatic carbocycles. The molecule has 82 valence electrons. The molecule has 1 fully saturated rings. The fraction of sp³-hybridized carbons (Fsp3) is 0.556. The van der Waals surface area contributed by atoms with Crippen LogP contribution in [0.5, 0.6) is 0 Å². The summed E-state index contributed by atoms with van der Waals surface area (Å²) in [5, 5.41) is 31.5. The third-order valence-corrected chi connectivity index (χ3v) is 2.54. The van der Waals surface area contributed by atoms with Crippen molar-refractivity contribution in [1.82, 2.24) is 15.3 Å². The Morgan fingerprint density at radius 2 is 2.13 bits per heavy atom. The van der Waals surface area contributed by atoms with Gasteiger partial charge in [0.15, 0.2) is 5.82 Å². The number of rotatable bonds is 2. The highest BCUT2D eigenvalue weighted by atomic mass is 16.4. The molecule has 0 spiro atoms. The van der Waals surface area contributed by atoms with Gasteiger partial charge >= 0.3 is 0 Å². The van der Waals surface area contributed by atoms with E-state index in [1.54, 1.807) is 6.07 Å². The predicted molar refractivity (Wildman–Crippen MR) is 50.6 cm³/mol. The van der Waals surface area contributed by atoms with Gasteiger partial charge in [0.05, 0.1) is 6.61 Å². The molecule has 1 aromatic heterocycles. The maximum Gasteiger partial charge on any atom is 0.204 e. The summed E-state index contributed by atoms with van der Waals surface area (Å²) in [5.74, 6) is 0.119. The number of nitrogens with zero attached hydrogens (tertiary/aromatic N) is 2. The van der Waals surface area contributed by atoms with Gasteiger partial charge in [0.1, 0.15) is 6.10 Å². The zero-order valence-corrected chi connectivity index (χ0v) is 8.04. The highest BCUT2D eigenvalue weighted by molar-refractivity contribution is 5.09. The molecule has 1 aliphatic rings. The first kappa shape index (κ1) is 10.4. The number of nitrogens with one attached hydrogen (secondary N) is 1. The lowest BCUT2D eigenvalue weighted by Gasteiger charge is -2.25. The quantitative estimate of drug-likeness (QED) is 0.467. The van der Waals surface area contributed by atoms with Crippen LogP contribution in [0.25, 0.3) is 0 Å². The van der Waals surface area contributed by atoms with E-state index < -0.39 is 11.8 Å². The molecule has 4 N–H and O–H groups in total. The van der Waals surface area contributed by atoms with Gasteiger partial charge in [0.2, 0.25) is 5.72 Å². The van der Waals surface area contributed by atoms with Crippen molar-refractivity contribution in [2.75, 3.05) is 6.61 Å². The molecular formula is C9H13N3O3. The fourth-order valence-electron chi connectivity index (χ4n) is 1.74. The molecule has 0 radical (unpaired) electrons. The zero-order valence-electron chi connectivity index (χ0n) is 8.04. The van der Waals surface area contributed by atoms with Gasteiger partial charge in [-0.2, -0.15) is 0 Å². The van der Waals surface area contributed by atoms with Crippen molar-refractivity contribution in [1.29, 1.82) is 0 Å². The van der Waals surface area contributed by atoms with Crippen molar-refractivity contribution in [3.8, 4) is 0 Å². The minimum absolute atomic E-state index is 0.119. The Hall–Kier alpha value is -1.08. The van der Waals surface area contributed by atoms with Crippen LogP contribution < -0.4 is 5.32 Å². The van der Waals surface area contributed by atoms with Crippen molar-refractivity contribution in [3.63, 3.8) is 0 Å². The predicted octanol–water partition coefficient (Wildman–Crippen LogP) is -1.66. The van der Waals surface area contributed by atoms with E-state index in [0.29, 0.717) is 0 Å². The van der Waals surface area contributed by atoms with E-state index in [9.17, 15) is 10.2 Å². The Balaban J connectivity index is 2.27. The van der Waals surface area contributed by atoms with Crippen molar-refractivity contribution in [2.45, 2.75) is 24.3 Å². The maximum absolute atomic E-state index is 10.1. The molecule has 3 atom stereocenters. The summed E-state index contributed by atoms with van der Waals surface area (Å²) in [6.07, 6.45) is 2.23. The standard InChI is InChI=1S/C9H13N3O3/c13-5-6-4-7(14)9(15,12-6)8-10-2-1-3-11-8/h1-3,6-7,12-15H,4-5H2. The van der Waals surface area contributed by atoms with Crippen molar-refractivity contribution in [2.24, 2.45) is 0 Å². The molecule has 3 unspecified atom stereocenters. The van der Waals surface area contributed by atoms with Gasteiger partial charge in [-0.1, -0.05) is 0 Å². The number of aromatic nitrogens is 2. The molecule has 1 aromatic rings. The van der Waals surface area contributed by atoms with E-state index in [4.69, 9.17) is 5.11 Å². The minimum atomic E-state index is -1.66. The second-order valence-corrected chi connectivity index (χ2v) is 3.61. The summed E-state index contributed by atoms with van der Waals surface area (Å²) < 4.78 is 0. The third-order valence-electron chi connectivity index (χ3n) is 2.54. The Bertz CT molecular complexity index is 335.